The zero-order chi connectivity index (χ0) is 17.2. The molecule has 2 aromatic heterocycles. The van der Waals surface area contributed by atoms with Crippen LogP contribution in [0.1, 0.15) is 31.6 Å². The van der Waals surface area contributed by atoms with Crippen molar-refractivity contribution >= 4 is 32.9 Å². The topological polar surface area (TPSA) is 62.3 Å². The summed E-state index contributed by atoms with van der Waals surface area (Å²) in [6.45, 7) is 6.28. The predicted molar refractivity (Wildman–Crippen MR) is 99.4 cm³/mol. The SMILES string of the molecule is CCc1ccc(S(=O)(=O)Nc2ccc(N3CCCC(C)C3)nc2)s1. The van der Waals surface area contributed by atoms with Gasteiger partial charge in [0, 0.05) is 18.0 Å². The molecule has 1 aliphatic heterocycles. The highest BCUT2D eigenvalue weighted by Gasteiger charge is 2.19. The Morgan fingerprint density at radius 3 is 2.79 bits per heavy atom. The van der Waals surface area contributed by atoms with Crippen molar-refractivity contribution in [2.24, 2.45) is 5.92 Å². The molecule has 1 saturated heterocycles. The van der Waals surface area contributed by atoms with Gasteiger partial charge in [-0.05, 0) is 49.4 Å². The summed E-state index contributed by atoms with van der Waals surface area (Å²) >= 11 is 1.31. The summed E-state index contributed by atoms with van der Waals surface area (Å²) in [6, 6.07) is 7.19. The largest absolute Gasteiger partial charge is 0.356 e. The number of nitrogens with zero attached hydrogens (tertiary/aromatic N) is 2. The molecule has 2 aromatic rings. The van der Waals surface area contributed by atoms with Gasteiger partial charge in [-0.1, -0.05) is 13.8 Å². The molecule has 1 fully saturated rings. The molecule has 1 N–H and O–H groups in total. The number of hydrogen-bond acceptors (Lipinski definition) is 5. The second-order valence-corrected chi connectivity index (χ2v) is 9.36. The van der Waals surface area contributed by atoms with E-state index in [2.05, 4.69) is 21.5 Å². The number of piperidine rings is 1. The van der Waals surface area contributed by atoms with Crippen molar-refractivity contribution in [3.8, 4) is 0 Å². The highest BCUT2D eigenvalue weighted by molar-refractivity contribution is 7.94. The standard InChI is InChI=1S/C17H23N3O2S2/c1-3-15-7-9-17(23-15)24(21,22)19-14-6-8-16(18-11-14)20-10-4-5-13(2)12-20/h6-9,11,13,19H,3-5,10,12H2,1-2H3. The van der Waals surface area contributed by atoms with Crippen LogP contribution < -0.4 is 9.62 Å². The highest BCUT2D eigenvalue weighted by Crippen LogP contribution is 2.26. The van der Waals surface area contributed by atoms with Crippen LogP contribution in [0.25, 0.3) is 0 Å². The quantitative estimate of drug-likeness (QED) is 0.877. The fraction of sp³-hybridized carbons (Fsp3) is 0.471. The Morgan fingerprint density at radius 1 is 1.33 bits per heavy atom. The molecule has 1 aliphatic rings. The third-order valence-corrected chi connectivity index (χ3v) is 7.33. The Morgan fingerprint density at radius 2 is 2.17 bits per heavy atom. The summed E-state index contributed by atoms with van der Waals surface area (Å²) in [4.78, 5) is 7.76. The number of aromatic nitrogens is 1. The summed E-state index contributed by atoms with van der Waals surface area (Å²) in [5.74, 6) is 1.58. The maximum absolute atomic E-state index is 12.4. The maximum atomic E-state index is 12.4. The number of nitrogens with one attached hydrogen (secondary N) is 1. The Kier molecular flexibility index (Phi) is 5.10. The first-order chi connectivity index (χ1) is 11.5. The first-order valence-corrected chi connectivity index (χ1v) is 10.6. The van der Waals surface area contributed by atoms with Crippen LogP contribution in [0, 0.1) is 5.92 Å². The molecular weight excluding hydrogens is 342 g/mol. The maximum Gasteiger partial charge on any atom is 0.271 e. The number of anilines is 2. The highest BCUT2D eigenvalue weighted by atomic mass is 32.2. The zero-order valence-electron chi connectivity index (χ0n) is 14.0. The first-order valence-electron chi connectivity index (χ1n) is 8.30. The van der Waals surface area contributed by atoms with E-state index in [-0.39, 0.29) is 0 Å². The van der Waals surface area contributed by atoms with Gasteiger partial charge in [0.1, 0.15) is 10.0 Å². The van der Waals surface area contributed by atoms with Crippen LogP contribution in [-0.2, 0) is 16.4 Å². The van der Waals surface area contributed by atoms with Crippen LogP contribution >= 0.6 is 11.3 Å². The molecule has 5 nitrogen and oxygen atoms in total. The van der Waals surface area contributed by atoms with E-state index < -0.39 is 10.0 Å². The zero-order valence-corrected chi connectivity index (χ0v) is 15.7. The first kappa shape index (κ1) is 17.2. The van der Waals surface area contributed by atoms with Gasteiger partial charge in [0.25, 0.3) is 10.0 Å². The van der Waals surface area contributed by atoms with Crippen molar-refractivity contribution in [2.45, 2.75) is 37.3 Å². The minimum Gasteiger partial charge on any atom is -0.356 e. The lowest BCUT2D eigenvalue weighted by molar-refractivity contribution is 0.444. The average Bonchev–Trinajstić information content (AvgIpc) is 3.05. The molecule has 0 saturated carbocycles. The van der Waals surface area contributed by atoms with Crippen molar-refractivity contribution in [1.29, 1.82) is 0 Å². The summed E-state index contributed by atoms with van der Waals surface area (Å²) in [6.07, 6.45) is 4.87. The minimum atomic E-state index is -3.53. The van der Waals surface area contributed by atoms with Crippen molar-refractivity contribution in [3.05, 3.63) is 35.3 Å². The molecule has 0 radical (unpaired) electrons. The monoisotopic (exact) mass is 365 g/mol. The van der Waals surface area contributed by atoms with Crippen LogP contribution in [0.2, 0.25) is 0 Å². The summed E-state index contributed by atoms with van der Waals surface area (Å²) in [5.41, 5.74) is 0.496. The van der Waals surface area contributed by atoms with Gasteiger partial charge >= 0.3 is 0 Å². The molecule has 3 rings (SSSR count). The van der Waals surface area contributed by atoms with Gasteiger partial charge in [-0.25, -0.2) is 13.4 Å². The number of thiophene rings is 1. The average molecular weight is 366 g/mol. The molecule has 0 spiro atoms. The van der Waals surface area contributed by atoms with Gasteiger partial charge in [0.15, 0.2) is 0 Å². The summed E-state index contributed by atoms with van der Waals surface area (Å²) < 4.78 is 27.8. The third kappa shape index (κ3) is 3.89. The van der Waals surface area contributed by atoms with E-state index in [4.69, 9.17) is 0 Å². The fourth-order valence-electron chi connectivity index (χ4n) is 2.93. The lowest BCUT2D eigenvalue weighted by Crippen LogP contribution is -2.34. The van der Waals surface area contributed by atoms with Crippen LogP contribution in [0.4, 0.5) is 11.5 Å². The smallest absolute Gasteiger partial charge is 0.271 e. The Labute approximate surface area is 147 Å². The number of pyridine rings is 1. The molecule has 0 bridgehead atoms. The van der Waals surface area contributed by atoms with Gasteiger partial charge in [-0.2, -0.15) is 0 Å². The van der Waals surface area contributed by atoms with Gasteiger partial charge in [0.2, 0.25) is 0 Å². The fourth-order valence-corrected chi connectivity index (χ4v) is 5.27. The second-order valence-electron chi connectivity index (χ2n) is 6.28. The van der Waals surface area contributed by atoms with Crippen molar-refractivity contribution in [1.82, 2.24) is 4.98 Å². The van der Waals surface area contributed by atoms with Crippen molar-refractivity contribution < 1.29 is 8.42 Å². The molecule has 3 heterocycles. The second kappa shape index (κ2) is 7.11. The number of sulfonamides is 1. The Balaban J connectivity index is 1.71. The van der Waals surface area contributed by atoms with E-state index in [1.54, 1.807) is 18.3 Å². The third-order valence-electron chi connectivity index (χ3n) is 4.23. The molecule has 7 heteroatoms. The molecule has 1 unspecified atom stereocenters. The Hall–Kier alpha value is -1.60. The van der Waals surface area contributed by atoms with Gasteiger partial charge in [-0.15, -0.1) is 11.3 Å². The predicted octanol–water partition coefficient (Wildman–Crippen LogP) is 3.74. The van der Waals surface area contributed by atoms with E-state index in [0.717, 1.165) is 30.2 Å². The van der Waals surface area contributed by atoms with E-state index in [1.807, 2.05) is 19.1 Å². The van der Waals surface area contributed by atoms with E-state index in [9.17, 15) is 8.42 Å². The minimum absolute atomic E-state index is 0.341. The van der Waals surface area contributed by atoms with E-state index in [0.29, 0.717) is 15.8 Å². The number of rotatable bonds is 5. The lowest BCUT2D eigenvalue weighted by atomic mass is 10.0. The van der Waals surface area contributed by atoms with Crippen molar-refractivity contribution in [2.75, 3.05) is 22.7 Å². The number of hydrogen-bond donors (Lipinski definition) is 1. The summed E-state index contributed by atoms with van der Waals surface area (Å²) in [5, 5.41) is 0. The molecular formula is C17H23N3O2S2. The van der Waals surface area contributed by atoms with Crippen LogP contribution in [-0.4, -0.2) is 26.5 Å². The molecule has 24 heavy (non-hydrogen) atoms. The normalized spacial score (nSPS) is 18.6. The van der Waals surface area contributed by atoms with E-state index >= 15 is 0 Å². The number of aryl methyl sites for hydroxylation is 1. The summed E-state index contributed by atoms with van der Waals surface area (Å²) in [7, 11) is -3.53. The molecule has 0 aliphatic carbocycles. The molecule has 1 atom stereocenters. The molecule has 0 aromatic carbocycles. The molecule has 130 valence electrons. The van der Waals surface area contributed by atoms with E-state index in [1.165, 1.54) is 24.2 Å². The van der Waals surface area contributed by atoms with Crippen LogP contribution in [0.5, 0.6) is 0 Å². The van der Waals surface area contributed by atoms with Gasteiger partial charge in [0.05, 0.1) is 11.9 Å². The van der Waals surface area contributed by atoms with Crippen LogP contribution in [0.15, 0.2) is 34.7 Å². The van der Waals surface area contributed by atoms with Crippen LogP contribution in [0.3, 0.4) is 0 Å². The molecule has 0 amide bonds. The lowest BCUT2D eigenvalue weighted by Gasteiger charge is -2.31. The van der Waals surface area contributed by atoms with Gasteiger partial charge < -0.3 is 4.90 Å². The van der Waals surface area contributed by atoms with Gasteiger partial charge in [-0.3, -0.25) is 4.72 Å². The Bertz CT molecular complexity index is 784. The van der Waals surface area contributed by atoms with Crippen molar-refractivity contribution in [3.63, 3.8) is 0 Å².